The number of nitrogens with one attached hydrogen (secondary N) is 2. The fourth-order valence-corrected chi connectivity index (χ4v) is 3.17. The van der Waals surface area contributed by atoms with Crippen molar-refractivity contribution in [3.05, 3.63) is 59.7 Å². The minimum Gasteiger partial charge on any atom is -0.457 e. The molecule has 0 aliphatic rings. The van der Waals surface area contributed by atoms with Crippen LogP contribution in [0.3, 0.4) is 0 Å². The van der Waals surface area contributed by atoms with E-state index in [0.717, 1.165) is 11.1 Å². The predicted octanol–water partition coefficient (Wildman–Crippen LogP) is 3.61. The highest BCUT2D eigenvalue weighted by atomic mass is 16.6. The van der Waals surface area contributed by atoms with E-state index >= 15 is 0 Å². The highest BCUT2D eigenvalue weighted by Crippen LogP contribution is 2.28. The van der Waals surface area contributed by atoms with Gasteiger partial charge < -0.3 is 19.7 Å². The number of ether oxygens (including phenoxy) is 2. The SMILES string of the molecule is CN(C)C(=O)C(CNC(=O)OC(C)(C)C)c1ccc(Oc2ccccc2CCC(=O)NO)cc1. The van der Waals surface area contributed by atoms with E-state index in [1.807, 2.05) is 18.2 Å². The van der Waals surface area contributed by atoms with E-state index in [2.05, 4.69) is 5.32 Å². The van der Waals surface area contributed by atoms with E-state index in [-0.39, 0.29) is 18.9 Å². The number of benzene rings is 2. The standard InChI is InChI=1S/C25H33N3O6/c1-25(2,3)34-24(31)26-16-20(23(30)28(4)5)17-10-13-19(14-11-17)33-21-9-7-6-8-18(21)12-15-22(29)27-32/h6-11,13-14,20,32H,12,15-16H2,1-5H3,(H,26,31)(H,27,29). The summed E-state index contributed by atoms with van der Waals surface area (Å²) in [5.74, 6) is -0.0821. The van der Waals surface area contributed by atoms with Crippen molar-refractivity contribution in [1.82, 2.24) is 15.7 Å². The molecule has 3 N–H and O–H groups in total. The van der Waals surface area contributed by atoms with Crippen molar-refractivity contribution in [3.8, 4) is 11.5 Å². The van der Waals surface area contributed by atoms with Crippen LogP contribution in [0.15, 0.2) is 48.5 Å². The number of para-hydroxylation sites is 1. The van der Waals surface area contributed by atoms with Crippen LogP contribution in [-0.2, 0) is 20.7 Å². The van der Waals surface area contributed by atoms with Crippen LogP contribution in [0.5, 0.6) is 11.5 Å². The van der Waals surface area contributed by atoms with Gasteiger partial charge in [0.25, 0.3) is 0 Å². The molecule has 184 valence electrons. The Morgan fingerprint density at radius 3 is 2.26 bits per heavy atom. The van der Waals surface area contributed by atoms with Gasteiger partial charge in [-0.1, -0.05) is 30.3 Å². The maximum Gasteiger partial charge on any atom is 0.407 e. The van der Waals surface area contributed by atoms with Crippen LogP contribution in [0.25, 0.3) is 0 Å². The van der Waals surface area contributed by atoms with Gasteiger partial charge in [-0.3, -0.25) is 14.8 Å². The number of likely N-dealkylation sites (N-methyl/N-ethyl adjacent to an activating group) is 1. The summed E-state index contributed by atoms with van der Waals surface area (Å²) < 4.78 is 11.3. The smallest absolute Gasteiger partial charge is 0.407 e. The second-order valence-electron chi connectivity index (χ2n) is 8.98. The Morgan fingerprint density at radius 1 is 1.03 bits per heavy atom. The van der Waals surface area contributed by atoms with E-state index in [9.17, 15) is 14.4 Å². The van der Waals surface area contributed by atoms with Gasteiger partial charge in [-0.25, -0.2) is 10.3 Å². The third-order valence-corrected chi connectivity index (χ3v) is 4.82. The topological polar surface area (TPSA) is 117 Å². The third kappa shape index (κ3) is 8.40. The fraction of sp³-hybridized carbons (Fsp3) is 0.400. The quantitative estimate of drug-likeness (QED) is 0.380. The van der Waals surface area contributed by atoms with E-state index in [1.54, 1.807) is 70.7 Å². The number of hydrogen-bond acceptors (Lipinski definition) is 6. The van der Waals surface area contributed by atoms with Crippen molar-refractivity contribution in [3.63, 3.8) is 0 Å². The molecule has 9 nitrogen and oxygen atoms in total. The molecule has 3 amide bonds. The summed E-state index contributed by atoms with van der Waals surface area (Å²) in [4.78, 5) is 37.7. The number of alkyl carbamates (subject to hydrolysis) is 1. The van der Waals surface area contributed by atoms with Gasteiger partial charge >= 0.3 is 6.09 Å². The molecule has 0 fully saturated rings. The van der Waals surface area contributed by atoms with E-state index in [0.29, 0.717) is 17.9 Å². The Morgan fingerprint density at radius 2 is 1.68 bits per heavy atom. The molecule has 1 atom stereocenters. The predicted molar refractivity (Wildman–Crippen MR) is 127 cm³/mol. The Labute approximate surface area is 200 Å². The molecule has 0 spiro atoms. The monoisotopic (exact) mass is 471 g/mol. The van der Waals surface area contributed by atoms with Crippen LogP contribution >= 0.6 is 0 Å². The molecule has 0 saturated carbocycles. The van der Waals surface area contributed by atoms with Gasteiger partial charge in [-0.2, -0.15) is 0 Å². The fourth-order valence-electron chi connectivity index (χ4n) is 3.17. The summed E-state index contributed by atoms with van der Waals surface area (Å²) in [6.45, 7) is 5.40. The number of nitrogens with zero attached hydrogens (tertiary/aromatic N) is 1. The maximum atomic E-state index is 12.8. The van der Waals surface area contributed by atoms with Gasteiger partial charge in [0.05, 0.1) is 5.92 Å². The highest BCUT2D eigenvalue weighted by Gasteiger charge is 2.24. The van der Waals surface area contributed by atoms with E-state index < -0.39 is 23.5 Å². The second-order valence-corrected chi connectivity index (χ2v) is 8.98. The Hall–Kier alpha value is -3.59. The number of hydrogen-bond donors (Lipinski definition) is 3. The van der Waals surface area contributed by atoms with Gasteiger partial charge in [0.15, 0.2) is 0 Å². The molecular formula is C25H33N3O6. The molecule has 2 aromatic rings. The molecule has 0 heterocycles. The molecule has 0 bridgehead atoms. The lowest BCUT2D eigenvalue weighted by atomic mass is 9.97. The van der Waals surface area contributed by atoms with Gasteiger partial charge in [-0.05, 0) is 56.5 Å². The maximum absolute atomic E-state index is 12.8. The summed E-state index contributed by atoms with van der Waals surface area (Å²) >= 11 is 0. The first-order valence-electron chi connectivity index (χ1n) is 11.0. The zero-order valence-corrected chi connectivity index (χ0v) is 20.3. The number of hydroxylamine groups is 1. The zero-order valence-electron chi connectivity index (χ0n) is 20.3. The van der Waals surface area contributed by atoms with Crippen molar-refractivity contribution in [2.24, 2.45) is 0 Å². The summed E-state index contributed by atoms with van der Waals surface area (Å²) in [6.07, 6.45) is -0.0685. The first kappa shape index (κ1) is 26.7. The number of carbonyl (C=O) groups is 3. The average Bonchev–Trinajstić information content (AvgIpc) is 2.78. The molecule has 2 rings (SSSR count). The normalized spacial score (nSPS) is 11.8. The lowest BCUT2D eigenvalue weighted by molar-refractivity contribution is -0.130. The summed E-state index contributed by atoms with van der Waals surface area (Å²) in [6, 6.07) is 14.4. The van der Waals surface area contributed by atoms with Gasteiger partial charge in [0.1, 0.15) is 17.1 Å². The number of rotatable bonds is 9. The Bertz CT molecular complexity index is 983. The van der Waals surface area contributed by atoms with E-state index in [1.165, 1.54) is 4.90 Å². The van der Waals surface area contributed by atoms with Crippen molar-refractivity contribution in [2.45, 2.75) is 45.1 Å². The minimum absolute atomic E-state index is 0.0852. The Kier molecular flexibility index (Phi) is 9.44. The largest absolute Gasteiger partial charge is 0.457 e. The van der Waals surface area contributed by atoms with Gasteiger partial charge in [-0.15, -0.1) is 0 Å². The van der Waals surface area contributed by atoms with Crippen molar-refractivity contribution >= 4 is 17.9 Å². The number of amides is 3. The highest BCUT2D eigenvalue weighted by molar-refractivity contribution is 5.84. The minimum atomic E-state index is -0.637. The summed E-state index contributed by atoms with van der Waals surface area (Å²) in [7, 11) is 3.32. The lowest BCUT2D eigenvalue weighted by Gasteiger charge is -2.23. The first-order chi connectivity index (χ1) is 16.0. The molecule has 0 aliphatic carbocycles. The van der Waals surface area contributed by atoms with Crippen LogP contribution in [0.1, 0.15) is 44.2 Å². The van der Waals surface area contributed by atoms with Crippen LogP contribution in [0.2, 0.25) is 0 Å². The van der Waals surface area contributed by atoms with Crippen molar-refractivity contribution < 1.29 is 29.1 Å². The van der Waals surface area contributed by atoms with Crippen LogP contribution in [0, 0.1) is 0 Å². The Balaban J connectivity index is 2.14. The summed E-state index contributed by atoms with van der Waals surface area (Å²) in [5.41, 5.74) is 2.52. The average molecular weight is 472 g/mol. The van der Waals surface area contributed by atoms with E-state index in [4.69, 9.17) is 14.7 Å². The molecule has 0 radical (unpaired) electrons. The molecule has 2 aromatic carbocycles. The van der Waals surface area contributed by atoms with Gasteiger partial charge in [0.2, 0.25) is 11.8 Å². The van der Waals surface area contributed by atoms with Crippen molar-refractivity contribution in [1.29, 1.82) is 0 Å². The second kappa shape index (κ2) is 12.0. The first-order valence-corrected chi connectivity index (χ1v) is 11.0. The molecule has 0 saturated heterocycles. The summed E-state index contributed by atoms with van der Waals surface area (Å²) in [5, 5.41) is 11.4. The number of carbonyl (C=O) groups excluding carboxylic acids is 3. The van der Waals surface area contributed by atoms with Crippen molar-refractivity contribution in [2.75, 3.05) is 20.6 Å². The number of aryl methyl sites for hydroxylation is 1. The van der Waals surface area contributed by atoms with Crippen LogP contribution < -0.4 is 15.5 Å². The molecule has 1 unspecified atom stereocenters. The zero-order chi connectivity index (χ0) is 25.3. The van der Waals surface area contributed by atoms with Crippen LogP contribution in [-0.4, -0.2) is 54.3 Å². The molecule has 0 aromatic heterocycles. The lowest BCUT2D eigenvalue weighted by Crippen LogP contribution is -2.39. The molecule has 0 aliphatic heterocycles. The van der Waals surface area contributed by atoms with Gasteiger partial charge in [0, 0.05) is 27.1 Å². The molecule has 9 heteroatoms. The molecular weight excluding hydrogens is 438 g/mol. The molecule has 34 heavy (non-hydrogen) atoms. The van der Waals surface area contributed by atoms with Crippen LogP contribution in [0.4, 0.5) is 4.79 Å². The third-order valence-electron chi connectivity index (χ3n) is 4.82.